The fourth-order valence-corrected chi connectivity index (χ4v) is 3.08. The molecule has 1 aliphatic heterocycles. The van der Waals surface area contributed by atoms with Crippen molar-refractivity contribution in [2.45, 2.75) is 72.4 Å². The van der Waals surface area contributed by atoms with Crippen molar-refractivity contribution >= 4 is 5.78 Å². The predicted molar refractivity (Wildman–Crippen MR) is 68.6 cm³/mol. The molecule has 0 aromatic heterocycles. The van der Waals surface area contributed by atoms with E-state index in [9.17, 15) is 4.79 Å². The second kappa shape index (κ2) is 3.83. The van der Waals surface area contributed by atoms with Gasteiger partial charge in [-0.25, -0.2) is 0 Å². The van der Waals surface area contributed by atoms with Crippen molar-refractivity contribution in [2.75, 3.05) is 6.54 Å². The average Bonchev–Trinajstić information content (AvgIpc) is 2.44. The Morgan fingerprint density at radius 1 is 1.12 bits per heavy atom. The van der Waals surface area contributed by atoms with E-state index >= 15 is 0 Å². The highest BCUT2D eigenvalue weighted by atomic mass is 16.1. The third-order valence-corrected chi connectivity index (χ3v) is 3.62. The molecule has 1 saturated heterocycles. The molecule has 94 valence electrons. The topological polar surface area (TPSA) is 20.3 Å². The van der Waals surface area contributed by atoms with Gasteiger partial charge in [0.15, 0.2) is 5.78 Å². The van der Waals surface area contributed by atoms with Crippen molar-refractivity contribution in [1.82, 2.24) is 4.90 Å². The van der Waals surface area contributed by atoms with Crippen LogP contribution in [0, 0.1) is 5.41 Å². The van der Waals surface area contributed by atoms with Crippen LogP contribution in [-0.2, 0) is 4.79 Å². The van der Waals surface area contributed by atoms with Gasteiger partial charge >= 0.3 is 0 Å². The van der Waals surface area contributed by atoms with E-state index in [-0.39, 0.29) is 16.5 Å². The summed E-state index contributed by atoms with van der Waals surface area (Å²) in [7, 11) is 0. The Hall–Kier alpha value is -0.370. The smallest absolute Gasteiger partial charge is 0.158 e. The van der Waals surface area contributed by atoms with Crippen LogP contribution in [0.2, 0.25) is 0 Å². The molecule has 1 atom stereocenters. The number of Topliss-reactive ketones (excluding diaryl/α,β-unsaturated/α-hetero) is 1. The minimum Gasteiger partial charge on any atom is -0.297 e. The lowest BCUT2D eigenvalue weighted by Gasteiger charge is -2.45. The highest BCUT2D eigenvalue weighted by Gasteiger charge is 2.50. The fraction of sp³-hybridized carbons (Fsp3) is 0.929. The van der Waals surface area contributed by atoms with Gasteiger partial charge in [-0.15, -0.1) is 0 Å². The number of carbonyl (C=O) groups excluding carboxylic acids is 1. The first-order chi connectivity index (χ1) is 6.99. The van der Waals surface area contributed by atoms with E-state index in [1.54, 1.807) is 0 Å². The second-order valence-electron chi connectivity index (χ2n) is 7.28. The third-order valence-electron chi connectivity index (χ3n) is 3.62. The monoisotopic (exact) mass is 225 g/mol. The third kappa shape index (κ3) is 2.32. The number of nitrogens with zero attached hydrogens (tertiary/aromatic N) is 1. The van der Waals surface area contributed by atoms with Gasteiger partial charge in [0.1, 0.15) is 0 Å². The first-order valence-corrected chi connectivity index (χ1v) is 6.32. The number of hydrogen-bond acceptors (Lipinski definition) is 2. The molecule has 0 N–H and O–H groups in total. The number of ketones is 1. The van der Waals surface area contributed by atoms with Crippen LogP contribution < -0.4 is 0 Å². The number of carbonyl (C=O) groups is 1. The van der Waals surface area contributed by atoms with Gasteiger partial charge in [-0.3, -0.25) is 9.69 Å². The Morgan fingerprint density at radius 2 is 1.62 bits per heavy atom. The molecule has 0 aromatic carbocycles. The Bertz CT molecular complexity index is 282. The Morgan fingerprint density at radius 3 is 2.00 bits per heavy atom. The van der Waals surface area contributed by atoms with Crippen molar-refractivity contribution < 1.29 is 4.79 Å². The van der Waals surface area contributed by atoms with E-state index in [2.05, 4.69) is 32.6 Å². The lowest BCUT2D eigenvalue weighted by molar-refractivity contribution is -0.139. The maximum absolute atomic E-state index is 12.6. The van der Waals surface area contributed by atoms with Crippen LogP contribution in [0.15, 0.2) is 0 Å². The maximum Gasteiger partial charge on any atom is 0.158 e. The quantitative estimate of drug-likeness (QED) is 0.682. The molecular formula is C14H27NO. The molecule has 0 saturated carbocycles. The lowest BCUT2D eigenvalue weighted by Crippen LogP contribution is -2.58. The molecule has 0 unspecified atom stereocenters. The highest BCUT2D eigenvalue weighted by molar-refractivity contribution is 5.92. The number of hydrogen-bond donors (Lipinski definition) is 0. The summed E-state index contributed by atoms with van der Waals surface area (Å²) in [5.74, 6) is 0.382. The van der Waals surface area contributed by atoms with Crippen molar-refractivity contribution in [1.29, 1.82) is 0 Å². The number of likely N-dealkylation sites (tertiary alicyclic amines) is 1. The van der Waals surface area contributed by atoms with Crippen LogP contribution in [0.5, 0.6) is 0 Å². The Kier molecular flexibility index (Phi) is 3.28. The molecule has 0 amide bonds. The standard InChI is InChI=1S/C14H27NO/c1-12(2,3)11(16)14(7)9-8-10-15(14)13(4,5)6/h8-10H2,1-7H3/t14-/m0/s1. The molecule has 0 aromatic rings. The van der Waals surface area contributed by atoms with Crippen LogP contribution in [-0.4, -0.2) is 28.3 Å². The van der Waals surface area contributed by atoms with Gasteiger partial charge in [-0.05, 0) is 47.1 Å². The summed E-state index contributed by atoms with van der Waals surface area (Å²) in [5.41, 5.74) is -0.439. The molecule has 16 heavy (non-hydrogen) atoms. The van der Waals surface area contributed by atoms with Gasteiger partial charge < -0.3 is 0 Å². The van der Waals surface area contributed by atoms with Gasteiger partial charge in [0.2, 0.25) is 0 Å². The molecule has 1 fully saturated rings. The van der Waals surface area contributed by atoms with Gasteiger partial charge in [-0.1, -0.05) is 20.8 Å². The molecule has 0 aliphatic carbocycles. The predicted octanol–water partition coefficient (Wildman–Crippen LogP) is 3.25. The first-order valence-electron chi connectivity index (χ1n) is 6.32. The zero-order valence-electron chi connectivity index (χ0n) is 12.0. The van der Waals surface area contributed by atoms with Crippen LogP contribution in [0.25, 0.3) is 0 Å². The van der Waals surface area contributed by atoms with E-state index in [1.165, 1.54) is 0 Å². The van der Waals surface area contributed by atoms with Gasteiger partial charge in [0, 0.05) is 11.0 Å². The molecule has 1 rings (SSSR count). The molecule has 2 heteroatoms. The normalized spacial score (nSPS) is 28.4. The first kappa shape index (κ1) is 13.7. The molecule has 2 nitrogen and oxygen atoms in total. The summed E-state index contributed by atoms with van der Waals surface area (Å²) < 4.78 is 0. The van der Waals surface area contributed by atoms with E-state index in [1.807, 2.05) is 20.8 Å². The summed E-state index contributed by atoms with van der Waals surface area (Å²) in [5, 5.41) is 0. The van der Waals surface area contributed by atoms with E-state index in [0.29, 0.717) is 5.78 Å². The summed E-state index contributed by atoms with van der Waals surface area (Å²) in [6.07, 6.45) is 2.13. The molecule has 0 radical (unpaired) electrons. The zero-order valence-corrected chi connectivity index (χ0v) is 12.0. The highest BCUT2D eigenvalue weighted by Crippen LogP contribution is 2.39. The molecule has 0 spiro atoms. The van der Waals surface area contributed by atoms with Gasteiger partial charge in [0.25, 0.3) is 0 Å². The molecule has 0 bridgehead atoms. The lowest BCUT2D eigenvalue weighted by atomic mass is 9.76. The van der Waals surface area contributed by atoms with Crippen molar-refractivity contribution in [3.8, 4) is 0 Å². The summed E-state index contributed by atoms with van der Waals surface area (Å²) >= 11 is 0. The Balaban J connectivity index is 3.04. The van der Waals surface area contributed by atoms with E-state index < -0.39 is 0 Å². The minimum absolute atomic E-state index is 0.0756. The van der Waals surface area contributed by atoms with Crippen molar-refractivity contribution in [3.63, 3.8) is 0 Å². The van der Waals surface area contributed by atoms with Crippen LogP contribution >= 0.6 is 0 Å². The maximum atomic E-state index is 12.6. The summed E-state index contributed by atoms with van der Waals surface area (Å²) in [4.78, 5) is 15.0. The van der Waals surface area contributed by atoms with Crippen molar-refractivity contribution in [3.05, 3.63) is 0 Å². The fourth-order valence-electron chi connectivity index (χ4n) is 3.08. The SMILES string of the molecule is CC(C)(C)C(=O)[C@]1(C)CCCN1C(C)(C)C. The Labute approximate surface area is 100 Å². The van der Waals surface area contributed by atoms with Crippen LogP contribution in [0.1, 0.15) is 61.3 Å². The minimum atomic E-state index is -0.267. The molecular weight excluding hydrogens is 198 g/mol. The van der Waals surface area contributed by atoms with Gasteiger partial charge in [-0.2, -0.15) is 0 Å². The molecule has 1 heterocycles. The van der Waals surface area contributed by atoms with Gasteiger partial charge in [0.05, 0.1) is 5.54 Å². The second-order valence-corrected chi connectivity index (χ2v) is 7.28. The summed E-state index contributed by atoms with van der Waals surface area (Å²) in [6.45, 7) is 15.9. The average molecular weight is 225 g/mol. The van der Waals surface area contributed by atoms with Crippen molar-refractivity contribution in [2.24, 2.45) is 5.41 Å². The van der Waals surface area contributed by atoms with E-state index in [4.69, 9.17) is 0 Å². The summed E-state index contributed by atoms with van der Waals surface area (Å²) in [6, 6.07) is 0. The van der Waals surface area contributed by atoms with Crippen LogP contribution in [0.4, 0.5) is 0 Å². The number of rotatable bonds is 1. The van der Waals surface area contributed by atoms with E-state index in [0.717, 1.165) is 19.4 Å². The largest absolute Gasteiger partial charge is 0.297 e. The van der Waals surface area contributed by atoms with Crippen LogP contribution in [0.3, 0.4) is 0 Å². The molecule has 1 aliphatic rings. The zero-order chi connectivity index (χ0) is 12.8.